The summed E-state index contributed by atoms with van der Waals surface area (Å²) in [4.78, 5) is 12.0. The molecule has 0 aliphatic heterocycles. The fourth-order valence-corrected chi connectivity index (χ4v) is 2.97. The Kier molecular flexibility index (Phi) is 6.52. The number of aryl methyl sites for hydroxylation is 1. The van der Waals surface area contributed by atoms with Crippen molar-refractivity contribution in [1.82, 2.24) is 5.32 Å². The Hall–Kier alpha value is -1.53. The number of hydrogen-bond donors (Lipinski definition) is 1. The molecule has 138 valence electrons. The van der Waals surface area contributed by atoms with Gasteiger partial charge in [-0.25, -0.2) is 4.79 Å². The van der Waals surface area contributed by atoms with Crippen molar-refractivity contribution in [1.29, 1.82) is 0 Å². The van der Waals surface area contributed by atoms with Crippen molar-refractivity contribution in [2.24, 2.45) is 0 Å². The molecule has 0 saturated carbocycles. The van der Waals surface area contributed by atoms with Gasteiger partial charge in [0.2, 0.25) is 5.76 Å². The summed E-state index contributed by atoms with van der Waals surface area (Å²) in [5.74, 6) is 0.479. The van der Waals surface area contributed by atoms with Crippen LogP contribution in [-0.4, -0.2) is 31.3 Å². The average molecular weight is 412 g/mol. The van der Waals surface area contributed by atoms with E-state index in [1.54, 1.807) is 6.92 Å². The maximum absolute atomic E-state index is 12.0. The van der Waals surface area contributed by atoms with E-state index in [0.29, 0.717) is 24.5 Å². The predicted molar refractivity (Wildman–Crippen MR) is 102 cm³/mol. The molecular formula is C19H26BrNO4. The number of nitrogens with one attached hydrogen (secondary N) is 1. The Balaban J connectivity index is 2.18. The lowest BCUT2D eigenvalue weighted by Crippen LogP contribution is -2.36. The number of ether oxygens (including phenoxy) is 2. The SMILES string of the molecule is CCOC(=O)c1oc2ccc(Br)c(OCCCNC(C)(C)C)c2c1C. The Morgan fingerprint density at radius 3 is 2.68 bits per heavy atom. The Morgan fingerprint density at radius 1 is 1.32 bits per heavy atom. The number of rotatable bonds is 7. The largest absolute Gasteiger partial charge is 0.492 e. The van der Waals surface area contributed by atoms with Gasteiger partial charge in [0, 0.05) is 11.1 Å². The Morgan fingerprint density at radius 2 is 2.04 bits per heavy atom. The van der Waals surface area contributed by atoms with Gasteiger partial charge in [-0.2, -0.15) is 0 Å². The molecule has 1 heterocycles. The van der Waals surface area contributed by atoms with Gasteiger partial charge in [0.05, 0.1) is 23.1 Å². The van der Waals surface area contributed by atoms with Crippen LogP contribution in [0, 0.1) is 6.92 Å². The quantitative estimate of drug-likeness (QED) is 0.521. The van der Waals surface area contributed by atoms with Crippen molar-refractivity contribution in [2.45, 2.75) is 46.6 Å². The third-order valence-corrected chi connectivity index (χ3v) is 4.31. The van der Waals surface area contributed by atoms with Crippen molar-refractivity contribution in [3.63, 3.8) is 0 Å². The van der Waals surface area contributed by atoms with Crippen molar-refractivity contribution < 1.29 is 18.7 Å². The van der Waals surface area contributed by atoms with Crippen molar-refractivity contribution in [2.75, 3.05) is 19.8 Å². The Bertz CT molecular complexity index is 746. The van der Waals surface area contributed by atoms with Crippen molar-refractivity contribution in [3.05, 3.63) is 27.9 Å². The molecule has 1 aromatic carbocycles. The molecule has 0 saturated heterocycles. The molecule has 2 rings (SSSR count). The van der Waals surface area contributed by atoms with Crippen molar-refractivity contribution >= 4 is 32.9 Å². The molecule has 0 spiro atoms. The van der Waals surface area contributed by atoms with E-state index >= 15 is 0 Å². The van der Waals surface area contributed by atoms with Crippen LogP contribution in [0.15, 0.2) is 21.0 Å². The van der Waals surface area contributed by atoms with Crippen LogP contribution in [0.5, 0.6) is 5.75 Å². The molecule has 6 heteroatoms. The first kappa shape index (κ1) is 19.8. The molecule has 0 radical (unpaired) electrons. The predicted octanol–water partition coefficient (Wildman–Crippen LogP) is 4.84. The summed E-state index contributed by atoms with van der Waals surface area (Å²) in [7, 11) is 0. The fourth-order valence-electron chi connectivity index (χ4n) is 2.52. The van der Waals surface area contributed by atoms with Gasteiger partial charge in [-0.3, -0.25) is 0 Å². The van der Waals surface area contributed by atoms with Gasteiger partial charge >= 0.3 is 5.97 Å². The number of carbonyl (C=O) groups excluding carboxylic acids is 1. The molecule has 2 aromatic rings. The van der Waals surface area contributed by atoms with Crippen LogP contribution in [0.25, 0.3) is 11.0 Å². The second-order valence-electron chi connectivity index (χ2n) is 6.91. The molecule has 0 atom stereocenters. The molecule has 0 bridgehead atoms. The molecule has 5 nitrogen and oxygen atoms in total. The van der Waals surface area contributed by atoms with E-state index in [2.05, 4.69) is 42.0 Å². The third-order valence-electron chi connectivity index (χ3n) is 3.68. The lowest BCUT2D eigenvalue weighted by molar-refractivity contribution is 0.0491. The first-order valence-electron chi connectivity index (χ1n) is 8.51. The van der Waals surface area contributed by atoms with Gasteiger partial charge in [0.25, 0.3) is 0 Å². The van der Waals surface area contributed by atoms with Crippen LogP contribution in [0.3, 0.4) is 0 Å². The number of carbonyl (C=O) groups is 1. The number of benzene rings is 1. The molecule has 0 unspecified atom stereocenters. The van der Waals surface area contributed by atoms with E-state index in [9.17, 15) is 4.79 Å². The summed E-state index contributed by atoms with van der Waals surface area (Å²) < 4.78 is 17.6. The highest BCUT2D eigenvalue weighted by molar-refractivity contribution is 9.10. The summed E-state index contributed by atoms with van der Waals surface area (Å²) in [6, 6.07) is 3.69. The van der Waals surface area contributed by atoms with Gasteiger partial charge in [0.15, 0.2) is 0 Å². The monoisotopic (exact) mass is 411 g/mol. The van der Waals surface area contributed by atoms with Gasteiger partial charge < -0.3 is 19.2 Å². The normalized spacial score (nSPS) is 11.8. The van der Waals surface area contributed by atoms with Crippen LogP contribution >= 0.6 is 15.9 Å². The minimum atomic E-state index is -0.451. The fraction of sp³-hybridized carbons (Fsp3) is 0.526. The number of esters is 1. The van der Waals surface area contributed by atoms with Gasteiger partial charge in [-0.1, -0.05) is 0 Å². The lowest BCUT2D eigenvalue weighted by Gasteiger charge is -2.20. The highest BCUT2D eigenvalue weighted by atomic mass is 79.9. The summed E-state index contributed by atoms with van der Waals surface area (Å²) in [6.45, 7) is 11.8. The number of halogens is 1. The minimum Gasteiger partial charge on any atom is -0.492 e. The van der Waals surface area contributed by atoms with E-state index < -0.39 is 5.97 Å². The van der Waals surface area contributed by atoms with Crippen LogP contribution < -0.4 is 10.1 Å². The summed E-state index contributed by atoms with van der Waals surface area (Å²) in [5, 5.41) is 4.24. The van der Waals surface area contributed by atoms with E-state index in [-0.39, 0.29) is 11.3 Å². The topological polar surface area (TPSA) is 60.7 Å². The van der Waals surface area contributed by atoms with Crippen molar-refractivity contribution in [3.8, 4) is 5.75 Å². The standard InChI is InChI=1S/C19H26BrNO4/c1-6-23-18(22)16-12(2)15-14(25-16)9-8-13(20)17(15)24-11-7-10-21-19(3,4)5/h8-9,21H,6-7,10-11H2,1-5H3. The Labute approximate surface area is 157 Å². The number of hydrogen-bond acceptors (Lipinski definition) is 5. The summed E-state index contributed by atoms with van der Waals surface area (Å²) >= 11 is 3.53. The molecule has 0 fully saturated rings. The first-order chi connectivity index (χ1) is 11.7. The van der Waals surface area contributed by atoms with Crippen LogP contribution in [0.4, 0.5) is 0 Å². The maximum atomic E-state index is 12.0. The molecule has 0 aliphatic rings. The van der Waals surface area contributed by atoms with Gasteiger partial charge in [-0.15, -0.1) is 0 Å². The van der Waals surface area contributed by atoms with E-state index in [1.165, 1.54) is 0 Å². The van der Waals surface area contributed by atoms with E-state index in [4.69, 9.17) is 13.9 Å². The molecule has 0 aliphatic carbocycles. The van der Waals surface area contributed by atoms with Crippen LogP contribution in [0.1, 0.15) is 50.2 Å². The van der Waals surface area contributed by atoms with E-state index in [0.717, 1.165) is 28.4 Å². The third kappa shape index (κ3) is 4.98. The second kappa shape index (κ2) is 8.23. The molecule has 0 amide bonds. The molecule has 1 aromatic heterocycles. The lowest BCUT2D eigenvalue weighted by atomic mass is 10.1. The van der Waals surface area contributed by atoms with Crippen LogP contribution in [0.2, 0.25) is 0 Å². The zero-order valence-electron chi connectivity index (χ0n) is 15.5. The van der Waals surface area contributed by atoms with Crippen LogP contribution in [-0.2, 0) is 4.74 Å². The van der Waals surface area contributed by atoms with E-state index in [1.807, 2.05) is 19.1 Å². The minimum absolute atomic E-state index is 0.0935. The molecule has 1 N–H and O–H groups in total. The zero-order valence-corrected chi connectivity index (χ0v) is 17.1. The maximum Gasteiger partial charge on any atom is 0.374 e. The summed E-state index contributed by atoms with van der Waals surface area (Å²) in [5.41, 5.74) is 1.44. The smallest absolute Gasteiger partial charge is 0.374 e. The first-order valence-corrected chi connectivity index (χ1v) is 9.30. The second-order valence-corrected chi connectivity index (χ2v) is 7.76. The molecular weight excluding hydrogens is 386 g/mol. The van der Waals surface area contributed by atoms with Gasteiger partial charge in [0.1, 0.15) is 11.3 Å². The number of fused-ring (bicyclic) bond motifs is 1. The highest BCUT2D eigenvalue weighted by Crippen LogP contribution is 2.38. The molecule has 25 heavy (non-hydrogen) atoms. The zero-order chi connectivity index (χ0) is 18.6. The highest BCUT2D eigenvalue weighted by Gasteiger charge is 2.22. The number of furan rings is 1. The average Bonchev–Trinajstić information content (AvgIpc) is 2.85. The van der Waals surface area contributed by atoms with Gasteiger partial charge in [-0.05, 0) is 75.6 Å². The summed E-state index contributed by atoms with van der Waals surface area (Å²) in [6.07, 6.45) is 0.877.